The number of aromatic nitrogens is 2. The first kappa shape index (κ1) is 14.2. The Hall–Kier alpha value is -2.17. The van der Waals surface area contributed by atoms with Crippen LogP contribution in [0.15, 0.2) is 36.5 Å². The van der Waals surface area contributed by atoms with Gasteiger partial charge in [0.25, 0.3) is 0 Å². The maximum absolute atomic E-state index is 14.0. The van der Waals surface area contributed by atoms with E-state index in [1.807, 2.05) is 49.1 Å². The third kappa shape index (κ3) is 3.44. The molecule has 0 aliphatic carbocycles. The molecule has 0 unspecified atom stereocenters. The van der Waals surface area contributed by atoms with E-state index < -0.39 is 5.82 Å². The van der Waals surface area contributed by atoms with Gasteiger partial charge in [-0.3, -0.25) is 0 Å². The summed E-state index contributed by atoms with van der Waals surface area (Å²) in [4.78, 5) is 10.1. The van der Waals surface area contributed by atoms with Gasteiger partial charge in [0.1, 0.15) is 0 Å². The van der Waals surface area contributed by atoms with E-state index in [0.717, 1.165) is 5.56 Å². The first-order chi connectivity index (χ1) is 9.74. The Bertz CT molecular complexity index is 545. The van der Waals surface area contributed by atoms with Crippen LogP contribution in [0.3, 0.4) is 0 Å². The molecule has 0 amide bonds. The number of hydrogen-bond donors (Lipinski definition) is 1. The van der Waals surface area contributed by atoms with Crippen LogP contribution in [0.1, 0.15) is 19.4 Å². The van der Waals surface area contributed by atoms with E-state index >= 15 is 0 Å². The smallest absolute Gasteiger partial charge is 0.224 e. The van der Waals surface area contributed by atoms with Crippen LogP contribution in [0.2, 0.25) is 0 Å². The molecule has 1 heterocycles. The number of nitrogens with zero attached hydrogens (tertiary/aromatic N) is 3. The maximum atomic E-state index is 14.0. The summed E-state index contributed by atoms with van der Waals surface area (Å²) in [5.74, 6) is 0.391. The van der Waals surface area contributed by atoms with E-state index in [0.29, 0.717) is 31.4 Å². The lowest BCUT2D eigenvalue weighted by Gasteiger charge is -2.22. The van der Waals surface area contributed by atoms with Gasteiger partial charge in [-0.1, -0.05) is 30.3 Å². The molecule has 1 N–H and O–H groups in total. The molecule has 1 aromatic heterocycles. The molecule has 2 rings (SSSR count). The molecule has 2 aromatic rings. The minimum atomic E-state index is -0.399. The summed E-state index contributed by atoms with van der Waals surface area (Å²) in [7, 11) is 0. The predicted octanol–water partition coefficient (Wildman–Crippen LogP) is 3.07. The number of nitrogens with one attached hydrogen (secondary N) is 1. The molecule has 0 aliphatic heterocycles. The number of rotatable bonds is 6. The zero-order valence-electron chi connectivity index (χ0n) is 11.8. The van der Waals surface area contributed by atoms with Gasteiger partial charge in [-0.25, -0.2) is 9.37 Å². The third-order valence-corrected chi connectivity index (χ3v) is 2.96. The summed E-state index contributed by atoms with van der Waals surface area (Å²) in [5.41, 5.74) is 1.12. The van der Waals surface area contributed by atoms with Gasteiger partial charge in [0.05, 0.1) is 6.20 Å². The summed E-state index contributed by atoms with van der Waals surface area (Å²) >= 11 is 0. The van der Waals surface area contributed by atoms with Gasteiger partial charge in [-0.15, -0.1) is 0 Å². The SMILES string of the molecule is CCNc1ncc(F)c(N(CC)Cc2ccccc2)n1. The average molecular weight is 274 g/mol. The minimum Gasteiger partial charge on any atom is -0.354 e. The molecule has 0 atom stereocenters. The summed E-state index contributed by atoms with van der Waals surface area (Å²) in [6, 6.07) is 9.96. The molecule has 0 spiro atoms. The van der Waals surface area contributed by atoms with Crippen molar-refractivity contribution in [1.29, 1.82) is 0 Å². The van der Waals surface area contributed by atoms with Crippen LogP contribution in [0.4, 0.5) is 16.2 Å². The molecular formula is C15H19FN4. The Balaban J connectivity index is 2.24. The lowest BCUT2D eigenvalue weighted by Crippen LogP contribution is -2.25. The quantitative estimate of drug-likeness (QED) is 0.879. The normalized spacial score (nSPS) is 10.3. The summed E-state index contributed by atoms with van der Waals surface area (Å²) < 4.78 is 14.0. The highest BCUT2D eigenvalue weighted by atomic mass is 19.1. The third-order valence-electron chi connectivity index (χ3n) is 2.96. The van der Waals surface area contributed by atoms with Crippen molar-refractivity contribution in [3.05, 3.63) is 47.9 Å². The summed E-state index contributed by atoms with van der Waals surface area (Å²) in [6.07, 6.45) is 1.22. The molecule has 0 bridgehead atoms. The maximum Gasteiger partial charge on any atom is 0.224 e. The highest BCUT2D eigenvalue weighted by Gasteiger charge is 2.14. The zero-order valence-corrected chi connectivity index (χ0v) is 11.8. The second-order valence-corrected chi connectivity index (χ2v) is 4.40. The van der Waals surface area contributed by atoms with Crippen molar-refractivity contribution in [3.63, 3.8) is 0 Å². The van der Waals surface area contributed by atoms with E-state index in [9.17, 15) is 4.39 Å². The van der Waals surface area contributed by atoms with Gasteiger partial charge in [0.2, 0.25) is 5.95 Å². The minimum absolute atomic E-state index is 0.335. The largest absolute Gasteiger partial charge is 0.354 e. The molecular weight excluding hydrogens is 255 g/mol. The van der Waals surface area contributed by atoms with Gasteiger partial charge in [0.15, 0.2) is 11.6 Å². The topological polar surface area (TPSA) is 41.1 Å². The van der Waals surface area contributed by atoms with Crippen LogP contribution < -0.4 is 10.2 Å². The Morgan fingerprint density at radius 2 is 1.95 bits per heavy atom. The average Bonchev–Trinajstić information content (AvgIpc) is 2.48. The first-order valence-electron chi connectivity index (χ1n) is 6.79. The molecule has 0 saturated carbocycles. The van der Waals surface area contributed by atoms with Crippen molar-refractivity contribution in [2.45, 2.75) is 20.4 Å². The van der Waals surface area contributed by atoms with E-state index in [4.69, 9.17) is 0 Å². The van der Waals surface area contributed by atoms with Gasteiger partial charge in [0, 0.05) is 19.6 Å². The molecule has 5 heteroatoms. The van der Waals surface area contributed by atoms with Crippen molar-refractivity contribution in [2.24, 2.45) is 0 Å². The molecule has 1 aromatic carbocycles. The number of benzene rings is 1. The highest BCUT2D eigenvalue weighted by molar-refractivity contribution is 5.44. The monoisotopic (exact) mass is 274 g/mol. The van der Waals surface area contributed by atoms with Crippen LogP contribution in [-0.4, -0.2) is 23.1 Å². The van der Waals surface area contributed by atoms with Crippen LogP contribution in [-0.2, 0) is 6.54 Å². The van der Waals surface area contributed by atoms with Crippen molar-refractivity contribution >= 4 is 11.8 Å². The molecule has 0 saturated heterocycles. The van der Waals surface area contributed by atoms with Crippen LogP contribution in [0, 0.1) is 5.82 Å². The molecule has 0 aliphatic rings. The summed E-state index contributed by atoms with van der Waals surface area (Å²) in [6.45, 7) is 5.94. The predicted molar refractivity (Wildman–Crippen MR) is 79.3 cm³/mol. The number of anilines is 2. The fraction of sp³-hybridized carbons (Fsp3) is 0.333. The van der Waals surface area contributed by atoms with E-state index in [1.165, 1.54) is 6.20 Å². The molecule has 0 fully saturated rings. The number of halogens is 1. The fourth-order valence-electron chi connectivity index (χ4n) is 1.96. The van der Waals surface area contributed by atoms with Crippen LogP contribution in [0.25, 0.3) is 0 Å². The van der Waals surface area contributed by atoms with Crippen molar-refractivity contribution in [2.75, 3.05) is 23.3 Å². The van der Waals surface area contributed by atoms with Crippen molar-refractivity contribution in [3.8, 4) is 0 Å². The van der Waals surface area contributed by atoms with Crippen molar-refractivity contribution < 1.29 is 4.39 Å². The Kier molecular flexibility index (Phi) is 4.87. The Morgan fingerprint density at radius 1 is 1.20 bits per heavy atom. The summed E-state index contributed by atoms with van der Waals surface area (Å²) in [5, 5.41) is 3.00. The standard InChI is InChI=1S/C15H19FN4/c1-3-17-15-18-10-13(16)14(19-15)20(4-2)11-12-8-6-5-7-9-12/h5-10H,3-4,11H2,1-2H3,(H,17,18,19). The zero-order chi connectivity index (χ0) is 14.4. The van der Waals surface area contributed by atoms with E-state index in [2.05, 4.69) is 15.3 Å². The van der Waals surface area contributed by atoms with Crippen molar-refractivity contribution in [1.82, 2.24) is 9.97 Å². The van der Waals surface area contributed by atoms with E-state index in [-0.39, 0.29) is 0 Å². The fourth-order valence-corrected chi connectivity index (χ4v) is 1.96. The first-order valence-corrected chi connectivity index (χ1v) is 6.79. The Morgan fingerprint density at radius 3 is 2.60 bits per heavy atom. The number of hydrogen-bond acceptors (Lipinski definition) is 4. The molecule has 0 radical (unpaired) electrons. The lowest BCUT2D eigenvalue weighted by molar-refractivity contribution is 0.602. The van der Waals surface area contributed by atoms with Gasteiger partial charge in [-0.05, 0) is 19.4 Å². The van der Waals surface area contributed by atoms with Gasteiger partial charge in [-0.2, -0.15) is 4.98 Å². The second kappa shape index (κ2) is 6.84. The van der Waals surface area contributed by atoms with Crippen LogP contribution >= 0.6 is 0 Å². The van der Waals surface area contributed by atoms with Crippen LogP contribution in [0.5, 0.6) is 0 Å². The molecule has 20 heavy (non-hydrogen) atoms. The lowest BCUT2D eigenvalue weighted by atomic mass is 10.2. The van der Waals surface area contributed by atoms with Gasteiger partial charge >= 0.3 is 0 Å². The van der Waals surface area contributed by atoms with E-state index in [1.54, 1.807) is 0 Å². The molecule has 4 nitrogen and oxygen atoms in total. The highest BCUT2D eigenvalue weighted by Crippen LogP contribution is 2.19. The van der Waals surface area contributed by atoms with Gasteiger partial charge < -0.3 is 10.2 Å². The second-order valence-electron chi connectivity index (χ2n) is 4.40. The Labute approximate surface area is 118 Å². The molecule has 106 valence electrons.